The average Bonchev–Trinajstić information content (AvgIpc) is 2.14. The largest absolute Gasteiger partial charge is 0.453 e. The molecule has 0 heterocycles. The second kappa shape index (κ2) is 6.20. The van der Waals surface area contributed by atoms with E-state index in [1.165, 1.54) is 7.11 Å². The molecule has 6 heteroatoms. The predicted molar refractivity (Wildman–Crippen MR) is 51.1 cm³/mol. The highest BCUT2D eigenvalue weighted by atomic mass is 16.5. The lowest BCUT2D eigenvalue weighted by Gasteiger charge is -2.17. The van der Waals surface area contributed by atoms with Crippen molar-refractivity contribution < 1.29 is 14.3 Å². The van der Waals surface area contributed by atoms with Crippen LogP contribution in [0.15, 0.2) is 0 Å². The zero-order chi connectivity index (χ0) is 11.1. The van der Waals surface area contributed by atoms with Gasteiger partial charge in [-0.3, -0.25) is 10.2 Å². The van der Waals surface area contributed by atoms with Crippen LogP contribution in [-0.2, 0) is 9.53 Å². The number of nitrogens with one attached hydrogen (secondary N) is 2. The minimum atomic E-state index is -0.646. The molecule has 0 fully saturated rings. The van der Waals surface area contributed by atoms with Gasteiger partial charge in [0.1, 0.15) is 6.04 Å². The number of carbonyl (C=O) groups is 2. The van der Waals surface area contributed by atoms with E-state index in [9.17, 15) is 9.59 Å². The van der Waals surface area contributed by atoms with Gasteiger partial charge in [0.2, 0.25) is 0 Å². The predicted octanol–water partition coefficient (Wildman–Crippen LogP) is -0.253. The Kier molecular flexibility index (Phi) is 5.62. The summed E-state index contributed by atoms with van der Waals surface area (Å²) in [4.78, 5) is 22.1. The molecule has 14 heavy (non-hydrogen) atoms. The van der Waals surface area contributed by atoms with Crippen molar-refractivity contribution in [1.82, 2.24) is 10.7 Å². The molecule has 0 spiro atoms. The molecule has 0 aromatic carbocycles. The Hall–Kier alpha value is -1.30. The van der Waals surface area contributed by atoms with E-state index in [0.717, 1.165) is 0 Å². The second-order valence-electron chi connectivity index (χ2n) is 3.33. The molecule has 6 nitrogen and oxygen atoms in total. The van der Waals surface area contributed by atoms with Crippen molar-refractivity contribution in [2.75, 3.05) is 7.11 Å². The van der Waals surface area contributed by atoms with E-state index in [2.05, 4.69) is 10.1 Å². The van der Waals surface area contributed by atoms with E-state index in [4.69, 9.17) is 5.84 Å². The van der Waals surface area contributed by atoms with Gasteiger partial charge in [-0.15, -0.1) is 0 Å². The van der Waals surface area contributed by atoms with Crippen LogP contribution in [0.3, 0.4) is 0 Å². The zero-order valence-corrected chi connectivity index (χ0v) is 8.66. The standard InChI is InChI=1S/C8H17N3O3/c1-5(2)4-6(7(12)11-9)10-8(13)14-3/h5-6H,4,9H2,1-3H3,(H,10,13)(H,11,12)/t6-/m0/s1. The number of hydrazine groups is 1. The van der Waals surface area contributed by atoms with Crippen LogP contribution in [0.2, 0.25) is 0 Å². The van der Waals surface area contributed by atoms with Crippen molar-refractivity contribution in [1.29, 1.82) is 0 Å². The van der Waals surface area contributed by atoms with E-state index >= 15 is 0 Å². The van der Waals surface area contributed by atoms with Gasteiger partial charge in [0.05, 0.1) is 7.11 Å². The fourth-order valence-electron chi connectivity index (χ4n) is 1.00. The minimum Gasteiger partial charge on any atom is -0.453 e. The van der Waals surface area contributed by atoms with Crippen LogP contribution in [0.25, 0.3) is 0 Å². The molecule has 4 N–H and O–H groups in total. The summed E-state index contributed by atoms with van der Waals surface area (Å²) < 4.78 is 4.39. The van der Waals surface area contributed by atoms with Gasteiger partial charge in [-0.1, -0.05) is 13.8 Å². The molecule has 82 valence electrons. The average molecular weight is 203 g/mol. The van der Waals surface area contributed by atoms with E-state index in [1.807, 2.05) is 19.3 Å². The summed E-state index contributed by atoms with van der Waals surface area (Å²) in [5, 5.41) is 2.40. The lowest BCUT2D eigenvalue weighted by molar-refractivity contribution is -0.123. The maximum absolute atomic E-state index is 11.2. The Morgan fingerprint density at radius 3 is 2.36 bits per heavy atom. The van der Waals surface area contributed by atoms with Gasteiger partial charge in [-0.2, -0.15) is 0 Å². The lowest BCUT2D eigenvalue weighted by atomic mass is 10.0. The molecular weight excluding hydrogens is 186 g/mol. The fourth-order valence-corrected chi connectivity index (χ4v) is 1.00. The number of rotatable bonds is 4. The Labute approximate surface area is 83.1 Å². The Bertz CT molecular complexity index is 206. The first-order chi connectivity index (χ1) is 6.51. The molecule has 0 bridgehead atoms. The molecule has 0 aliphatic rings. The first-order valence-corrected chi connectivity index (χ1v) is 4.36. The maximum Gasteiger partial charge on any atom is 0.407 e. The van der Waals surface area contributed by atoms with Crippen molar-refractivity contribution in [2.24, 2.45) is 11.8 Å². The Balaban J connectivity index is 4.24. The molecule has 0 saturated carbocycles. The third-order valence-electron chi connectivity index (χ3n) is 1.64. The number of carbonyl (C=O) groups excluding carboxylic acids is 2. The van der Waals surface area contributed by atoms with Gasteiger partial charge in [-0.05, 0) is 12.3 Å². The van der Waals surface area contributed by atoms with Gasteiger partial charge in [0.25, 0.3) is 5.91 Å². The number of alkyl carbamates (subject to hydrolysis) is 1. The maximum atomic E-state index is 11.2. The van der Waals surface area contributed by atoms with Crippen LogP contribution in [0.5, 0.6) is 0 Å². The van der Waals surface area contributed by atoms with Gasteiger partial charge in [-0.25, -0.2) is 10.6 Å². The highest BCUT2D eigenvalue weighted by Gasteiger charge is 2.21. The molecule has 0 saturated heterocycles. The number of hydrogen-bond donors (Lipinski definition) is 3. The molecular formula is C8H17N3O3. The van der Waals surface area contributed by atoms with Crippen LogP contribution in [0.1, 0.15) is 20.3 Å². The molecule has 0 aromatic rings. The molecule has 0 aliphatic heterocycles. The van der Waals surface area contributed by atoms with Crippen molar-refractivity contribution in [3.8, 4) is 0 Å². The molecule has 0 aliphatic carbocycles. The molecule has 2 amide bonds. The fraction of sp³-hybridized carbons (Fsp3) is 0.750. The van der Waals surface area contributed by atoms with E-state index in [1.54, 1.807) is 0 Å². The SMILES string of the molecule is COC(=O)N[C@@H](CC(C)C)C(=O)NN. The first kappa shape index (κ1) is 12.7. The normalized spacial score (nSPS) is 12.1. The van der Waals surface area contributed by atoms with E-state index in [0.29, 0.717) is 6.42 Å². The van der Waals surface area contributed by atoms with Gasteiger partial charge >= 0.3 is 6.09 Å². The summed E-state index contributed by atoms with van der Waals surface area (Å²) in [6, 6.07) is -0.646. The van der Waals surface area contributed by atoms with Crippen molar-refractivity contribution in [2.45, 2.75) is 26.3 Å². The van der Waals surface area contributed by atoms with E-state index < -0.39 is 18.0 Å². The summed E-state index contributed by atoms with van der Waals surface area (Å²) in [6.45, 7) is 3.88. The summed E-state index contributed by atoms with van der Waals surface area (Å²) in [5.41, 5.74) is 1.99. The molecule has 0 rings (SSSR count). The third kappa shape index (κ3) is 4.66. The lowest BCUT2D eigenvalue weighted by Crippen LogP contribution is -2.49. The summed E-state index contributed by atoms with van der Waals surface area (Å²) in [6.07, 6.45) is -0.128. The highest BCUT2D eigenvalue weighted by Crippen LogP contribution is 2.04. The van der Waals surface area contributed by atoms with Crippen molar-refractivity contribution >= 4 is 12.0 Å². The van der Waals surface area contributed by atoms with Crippen molar-refractivity contribution in [3.63, 3.8) is 0 Å². The zero-order valence-electron chi connectivity index (χ0n) is 8.66. The number of methoxy groups -OCH3 is 1. The summed E-state index contributed by atoms with van der Waals surface area (Å²) >= 11 is 0. The highest BCUT2D eigenvalue weighted by molar-refractivity contribution is 5.85. The quantitative estimate of drug-likeness (QED) is 0.333. The molecule has 0 unspecified atom stereocenters. The molecule has 0 radical (unpaired) electrons. The number of amides is 2. The van der Waals surface area contributed by atoms with Crippen LogP contribution in [-0.4, -0.2) is 25.2 Å². The molecule has 0 aromatic heterocycles. The van der Waals surface area contributed by atoms with Gasteiger partial charge in [0.15, 0.2) is 0 Å². The monoisotopic (exact) mass is 203 g/mol. The molecule has 1 atom stereocenters. The van der Waals surface area contributed by atoms with Crippen LogP contribution in [0.4, 0.5) is 4.79 Å². The number of nitrogens with two attached hydrogens (primary N) is 1. The van der Waals surface area contributed by atoms with Crippen LogP contribution < -0.4 is 16.6 Å². The Morgan fingerprint density at radius 2 is 2.00 bits per heavy atom. The first-order valence-electron chi connectivity index (χ1n) is 4.36. The smallest absolute Gasteiger partial charge is 0.407 e. The second-order valence-corrected chi connectivity index (χ2v) is 3.33. The minimum absolute atomic E-state index is 0.273. The Morgan fingerprint density at radius 1 is 1.43 bits per heavy atom. The summed E-state index contributed by atoms with van der Waals surface area (Å²) in [7, 11) is 1.24. The van der Waals surface area contributed by atoms with Crippen LogP contribution in [0, 0.1) is 5.92 Å². The number of hydrogen-bond acceptors (Lipinski definition) is 4. The van der Waals surface area contributed by atoms with Gasteiger partial charge < -0.3 is 10.1 Å². The van der Waals surface area contributed by atoms with Crippen molar-refractivity contribution in [3.05, 3.63) is 0 Å². The topological polar surface area (TPSA) is 93.4 Å². The summed E-state index contributed by atoms with van der Waals surface area (Å²) in [5.74, 6) is 4.82. The van der Waals surface area contributed by atoms with Gasteiger partial charge in [0, 0.05) is 0 Å². The van der Waals surface area contributed by atoms with E-state index in [-0.39, 0.29) is 5.92 Å². The van der Waals surface area contributed by atoms with Crippen LogP contribution >= 0.6 is 0 Å². The number of ether oxygens (including phenoxy) is 1. The third-order valence-corrected chi connectivity index (χ3v) is 1.64.